The predicted molar refractivity (Wildman–Crippen MR) is 97.0 cm³/mol. The lowest BCUT2D eigenvalue weighted by atomic mass is 9.97. The summed E-state index contributed by atoms with van der Waals surface area (Å²) in [6, 6.07) is 5.79. The lowest BCUT2D eigenvalue weighted by Crippen LogP contribution is -2.91. The van der Waals surface area contributed by atoms with Crippen molar-refractivity contribution in [2.75, 3.05) is 17.2 Å². The highest BCUT2D eigenvalue weighted by Gasteiger charge is 2.42. The maximum atomic E-state index is 12.1. The highest BCUT2D eigenvalue weighted by atomic mass is 16.4. The van der Waals surface area contributed by atoms with Crippen LogP contribution in [0, 0.1) is 0 Å². The number of aliphatic carboxylic acids is 1. The van der Waals surface area contributed by atoms with Crippen molar-refractivity contribution >= 4 is 29.1 Å². The molecule has 2 rings (SSSR count). The van der Waals surface area contributed by atoms with Gasteiger partial charge in [-0.05, 0) is 31.4 Å². The molecule has 0 spiro atoms. The molecule has 4 unspecified atom stereocenters. The monoisotopic (exact) mass is 395 g/mol. The molecule has 0 bridgehead atoms. The largest absolute Gasteiger partial charge is 0.550 e. The van der Waals surface area contributed by atoms with E-state index < -0.39 is 36.9 Å². The number of rotatable bonds is 8. The average Bonchev–Trinajstić information content (AvgIpc) is 2.67. The van der Waals surface area contributed by atoms with Gasteiger partial charge in [-0.2, -0.15) is 0 Å². The molecule has 0 saturated heterocycles. The zero-order chi connectivity index (χ0) is 20.7. The molecule has 0 aliphatic carbocycles. The van der Waals surface area contributed by atoms with Gasteiger partial charge in [-0.25, -0.2) is 5.32 Å². The zero-order valence-corrected chi connectivity index (χ0v) is 15.2. The predicted octanol–water partition coefficient (Wildman–Crippen LogP) is -3.72. The fourth-order valence-electron chi connectivity index (χ4n) is 2.84. The van der Waals surface area contributed by atoms with Gasteiger partial charge < -0.3 is 35.6 Å². The molecule has 1 aliphatic rings. The zero-order valence-electron chi connectivity index (χ0n) is 15.2. The number of unbranched alkanes of at least 4 members (excludes halogenated alkanes) is 1. The van der Waals surface area contributed by atoms with Crippen molar-refractivity contribution < 1.29 is 40.1 Å². The molecule has 1 aromatic carbocycles. The van der Waals surface area contributed by atoms with Gasteiger partial charge in [-0.3, -0.25) is 9.79 Å². The number of carbonyl (C=O) groups excluding carboxylic acids is 2. The van der Waals surface area contributed by atoms with Gasteiger partial charge in [0.15, 0.2) is 6.10 Å². The second-order valence-electron chi connectivity index (χ2n) is 6.57. The minimum Gasteiger partial charge on any atom is -0.550 e. The smallest absolute Gasteiger partial charge is 0.280 e. The summed E-state index contributed by atoms with van der Waals surface area (Å²) in [7, 11) is 0. The molecule has 1 heterocycles. The number of anilines is 2. The van der Waals surface area contributed by atoms with Gasteiger partial charge in [0.05, 0.1) is 12.3 Å². The van der Waals surface area contributed by atoms with Crippen LogP contribution in [0.3, 0.4) is 0 Å². The summed E-state index contributed by atoms with van der Waals surface area (Å²) in [6.07, 6.45) is -3.51. The normalized spacial score (nSPS) is 24.4. The number of aliphatic hydroxyl groups is 4. The Morgan fingerprint density at radius 3 is 2.32 bits per heavy atom. The first-order valence-corrected chi connectivity index (χ1v) is 8.97. The number of amides is 1. The minimum atomic E-state index is -1.49. The molecule has 1 amide bonds. The number of benzene rings is 1. The summed E-state index contributed by atoms with van der Waals surface area (Å²) in [4.78, 5) is 25.2. The molecule has 0 radical (unpaired) electrons. The Bertz CT molecular complexity index is 725. The summed E-state index contributed by atoms with van der Waals surface area (Å²) in [6.45, 7) is -0.458. The van der Waals surface area contributed by atoms with E-state index in [-0.39, 0.29) is 24.6 Å². The third-order valence-electron chi connectivity index (χ3n) is 4.42. The number of hydrogen-bond acceptors (Lipinski definition) is 8. The van der Waals surface area contributed by atoms with E-state index in [9.17, 15) is 35.1 Å². The number of carbonyl (C=O) groups is 2. The standard InChI is InChI=1S/C18H25N3O7/c22-9-12-15(26)16(27)17(28)18(21-12)20-11-6-2-1-5-10(11)19-13(23)7-3-4-8-14(24)25/h1-2,5-6,12,15-17,22,26-28H,3-4,7-9H2,(H,19,23)(H,20,21)(H,24,25). The fraction of sp³-hybridized carbons (Fsp3) is 0.500. The molecular formula is C18H25N3O7. The van der Waals surface area contributed by atoms with E-state index in [1.54, 1.807) is 24.3 Å². The molecule has 10 heteroatoms. The van der Waals surface area contributed by atoms with Gasteiger partial charge in [0.25, 0.3) is 5.84 Å². The van der Waals surface area contributed by atoms with Crippen LogP contribution in [0.2, 0.25) is 0 Å². The summed E-state index contributed by atoms with van der Waals surface area (Å²) >= 11 is 0. The first-order valence-electron chi connectivity index (χ1n) is 8.97. The molecule has 0 saturated carbocycles. The van der Waals surface area contributed by atoms with E-state index in [1.165, 1.54) is 0 Å². The first-order chi connectivity index (χ1) is 13.3. The van der Waals surface area contributed by atoms with Crippen LogP contribution in [0.5, 0.6) is 0 Å². The summed E-state index contributed by atoms with van der Waals surface area (Å²) < 4.78 is 0. The van der Waals surface area contributed by atoms with Crippen molar-refractivity contribution in [3.63, 3.8) is 0 Å². The maximum Gasteiger partial charge on any atom is 0.280 e. The highest BCUT2D eigenvalue weighted by Crippen LogP contribution is 2.22. The lowest BCUT2D eigenvalue weighted by Gasteiger charge is -2.29. The van der Waals surface area contributed by atoms with Crippen molar-refractivity contribution in [1.82, 2.24) is 0 Å². The molecule has 1 aromatic rings. The van der Waals surface area contributed by atoms with E-state index >= 15 is 0 Å². The van der Waals surface area contributed by atoms with E-state index in [4.69, 9.17) is 0 Å². The van der Waals surface area contributed by atoms with Gasteiger partial charge in [0.2, 0.25) is 5.91 Å². The number of carboxylic acid groups (broad SMARTS) is 1. The first kappa shape index (κ1) is 21.8. The van der Waals surface area contributed by atoms with Crippen molar-refractivity contribution in [2.24, 2.45) is 0 Å². The van der Waals surface area contributed by atoms with Crippen LogP contribution in [0.25, 0.3) is 0 Å². The number of para-hydroxylation sites is 2. The fourth-order valence-corrected chi connectivity index (χ4v) is 2.84. The van der Waals surface area contributed by atoms with Gasteiger partial charge in [-0.15, -0.1) is 0 Å². The lowest BCUT2D eigenvalue weighted by molar-refractivity contribution is -0.535. The van der Waals surface area contributed by atoms with Gasteiger partial charge in [0, 0.05) is 12.4 Å². The van der Waals surface area contributed by atoms with Gasteiger partial charge in [-0.1, -0.05) is 12.1 Å². The van der Waals surface area contributed by atoms with Crippen LogP contribution in [0.1, 0.15) is 25.7 Å². The second kappa shape index (κ2) is 10.1. The van der Waals surface area contributed by atoms with Gasteiger partial charge >= 0.3 is 0 Å². The quantitative estimate of drug-likeness (QED) is 0.220. The van der Waals surface area contributed by atoms with Crippen molar-refractivity contribution in [3.05, 3.63) is 24.3 Å². The Morgan fingerprint density at radius 1 is 1.04 bits per heavy atom. The van der Waals surface area contributed by atoms with Crippen LogP contribution in [-0.4, -0.2) is 69.1 Å². The van der Waals surface area contributed by atoms with E-state index in [0.29, 0.717) is 24.2 Å². The van der Waals surface area contributed by atoms with E-state index in [0.717, 1.165) is 0 Å². The number of carboxylic acids is 1. The number of nitrogens with one attached hydrogen (secondary N) is 3. The van der Waals surface area contributed by atoms with Crippen LogP contribution >= 0.6 is 0 Å². The molecule has 1 aliphatic heterocycles. The Hall–Kier alpha value is -2.53. The third kappa shape index (κ3) is 5.73. The molecule has 28 heavy (non-hydrogen) atoms. The molecule has 7 N–H and O–H groups in total. The van der Waals surface area contributed by atoms with Crippen LogP contribution < -0.4 is 20.7 Å². The third-order valence-corrected chi connectivity index (χ3v) is 4.42. The van der Waals surface area contributed by atoms with E-state index in [1.807, 2.05) is 0 Å². The second-order valence-corrected chi connectivity index (χ2v) is 6.57. The van der Waals surface area contributed by atoms with Gasteiger partial charge in [0.1, 0.15) is 23.9 Å². The molecule has 0 aromatic heterocycles. The maximum absolute atomic E-state index is 12.1. The molecular weight excluding hydrogens is 370 g/mol. The molecule has 0 fully saturated rings. The van der Waals surface area contributed by atoms with Crippen LogP contribution in [0.15, 0.2) is 24.3 Å². The Labute approximate surface area is 161 Å². The summed E-state index contributed by atoms with van der Waals surface area (Å²) in [5, 5.41) is 55.2. The number of hydrogen-bond donors (Lipinski definition) is 7. The van der Waals surface area contributed by atoms with Crippen LogP contribution in [-0.2, 0) is 9.59 Å². The Morgan fingerprint density at radius 2 is 1.68 bits per heavy atom. The molecule has 10 nitrogen and oxygen atoms in total. The van der Waals surface area contributed by atoms with Crippen molar-refractivity contribution in [2.45, 2.75) is 50.0 Å². The molecule has 4 atom stereocenters. The summed E-state index contributed by atoms with van der Waals surface area (Å²) in [5.41, 5.74) is 0.836. The highest BCUT2D eigenvalue weighted by molar-refractivity contribution is 6.01. The van der Waals surface area contributed by atoms with E-state index in [2.05, 4.69) is 15.6 Å². The Balaban J connectivity index is 2.05. The van der Waals surface area contributed by atoms with Crippen molar-refractivity contribution in [1.29, 1.82) is 0 Å². The molecule has 154 valence electrons. The summed E-state index contributed by atoms with van der Waals surface area (Å²) in [5.74, 6) is -1.38. The number of aliphatic hydroxyl groups excluding tert-OH is 4. The average molecular weight is 395 g/mol. The SMILES string of the molecule is O=C([O-])CCCCC(=O)Nc1ccccc1NC1=[NH+]C(CO)C(O)C(O)C1O. The van der Waals surface area contributed by atoms with Crippen LogP contribution in [0.4, 0.5) is 11.4 Å². The minimum absolute atomic E-state index is 0.0764. The topological polar surface area (TPSA) is 176 Å². The van der Waals surface area contributed by atoms with Crippen molar-refractivity contribution in [3.8, 4) is 0 Å². The number of amidine groups is 1. The Kier molecular flexibility index (Phi) is 7.88.